The van der Waals surface area contributed by atoms with E-state index in [0.29, 0.717) is 23.3 Å². The second kappa shape index (κ2) is 14.3. The Hall–Kier alpha value is -7.63. The molecule has 0 bridgehead atoms. The monoisotopic (exact) mass is 715 g/mol. The Morgan fingerprint density at radius 3 is 1.27 bits per heavy atom. The summed E-state index contributed by atoms with van der Waals surface area (Å²) < 4.78 is 0. The molecule has 5 nitrogen and oxygen atoms in total. The fourth-order valence-electron chi connectivity index (χ4n) is 7.26. The Morgan fingerprint density at radius 1 is 0.232 bits per heavy atom. The third-order valence-electron chi connectivity index (χ3n) is 10.1. The first-order valence-corrected chi connectivity index (χ1v) is 18.7. The minimum Gasteiger partial charge on any atom is -0.227 e. The molecule has 0 aliphatic heterocycles. The Kier molecular flexibility index (Phi) is 8.43. The second-order valence-electron chi connectivity index (χ2n) is 13.7. The fourth-order valence-corrected chi connectivity index (χ4v) is 7.26. The standard InChI is InChI=1S/C51H33N5/c1-5-14-34(15-6-1)35-24-27-40(28-25-35)50-54-49(39-20-11-4-12-21-39)55-51(56-50)43-23-13-22-41(32-43)42-29-26-36-30-31-44-46(37-16-7-2-8-17-37)52-48(38-18-9-3-10-19-38)53-47(44)45(36)33-42/h1-33H. The van der Waals surface area contributed by atoms with Gasteiger partial charge >= 0.3 is 0 Å². The molecule has 5 heteroatoms. The van der Waals surface area contributed by atoms with Crippen molar-refractivity contribution in [3.8, 4) is 79.1 Å². The van der Waals surface area contributed by atoms with E-state index in [1.807, 2.05) is 60.7 Å². The molecule has 262 valence electrons. The third kappa shape index (κ3) is 6.37. The maximum absolute atomic E-state index is 5.22. The Morgan fingerprint density at radius 2 is 0.643 bits per heavy atom. The zero-order valence-electron chi connectivity index (χ0n) is 30.3. The van der Waals surface area contributed by atoms with Crippen LogP contribution >= 0.6 is 0 Å². The van der Waals surface area contributed by atoms with Gasteiger partial charge in [-0.3, -0.25) is 0 Å². The van der Waals surface area contributed by atoms with Crippen molar-refractivity contribution >= 4 is 21.7 Å². The van der Waals surface area contributed by atoms with Gasteiger partial charge in [0, 0.05) is 38.6 Å². The van der Waals surface area contributed by atoms with Crippen LogP contribution in [0.4, 0.5) is 0 Å². The van der Waals surface area contributed by atoms with Crippen molar-refractivity contribution in [1.29, 1.82) is 0 Å². The summed E-state index contributed by atoms with van der Waals surface area (Å²) in [4.78, 5) is 25.4. The van der Waals surface area contributed by atoms with Gasteiger partial charge in [-0.05, 0) is 45.8 Å². The first kappa shape index (κ1) is 33.0. The van der Waals surface area contributed by atoms with E-state index in [1.165, 1.54) is 5.56 Å². The molecule has 10 rings (SSSR count). The van der Waals surface area contributed by atoms with Gasteiger partial charge in [-0.25, -0.2) is 24.9 Å². The zero-order valence-corrected chi connectivity index (χ0v) is 30.3. The third-order valence-corrected chi connectivity index (χ3v) is 10.1. The van der Waals surface area contributed by atoms with Gasteiger partial charge in [0.2, 0.25) is 0 Å². The van der Waals surface area contributed by atoms with E-state index in [9.17, 15) is 0 Å². The summed E-state index contributed by atoms with van der Waals surface area (Å²) in [5, 5.41) is 3.19. The van der Waals surface area contributed by atoms with E-state index in [1.54, 1.807) is 0 Å². The van der Waals surface area contributed by atoms with Crippen LogP contribution in [0.1, 0.15) is 0 Å². The largest absolute Gasteiger partial charge is 0.227 e. The summed E-state index contributed by atoms with van der Waals surface area (Å²) >= 11 is 0. The lowest BCUT2D eigenvalue weighted by Gasteiger charge is -2.13. The molecule has 0 spiro atoms. The molecule has 2 aromatic heterocycles. The highest BCUT2D eigenvalue weighted by Crippen LogP contribution is 2.36. The fraction of sp³-hybridized carbons (Fsp3) is 0. The molecular weight excluding hydrogens is 683 g/mol. The van der Waals surface area contributed by atoms with E-state index < -0.39 is 0 Å². The van der Waals surface area contributed by atoms with Crippen molar-refractivity contribution < 1.29 is 0 Å². The molecular formula is C51H33N5. The van der Waals surface area contributed by atoms with Gasteiger partial charge in [-0.1, -0.05) is 182 Å². The molecule has 0 aliphatic carbocycles. The van der Waals surface area contributed by atoms with E-state index in [0.717, 1.165) is 71.9 Å². The van der Waals surface area contributed by atoms with Gasteiger partial charge in [0.15, 0.2) is 23.3 Å². The maximum Gasteiger partial charge on any atom is 0.164 e. The van der Waals surface area contributed by atoms with Crippen LogP contribution < -0.4 is 0 Å². The van der Waals surface area contributed by atoms with Crippen molar-refractivity contribution in [2.45, 2.75) is 0 Å². The summed E-state index contributed by atoms with van der Waals surface area (Å²) in [6, 6.07) is 68.8. The normalized spacial score (nSPS) is 11.2. The number of benzene rings is 8. The molecule has 10 aromatic rings. The number of rotatable bonds is 7. The molecule has 0 amide bonds. The molecule has 2 heterocycles. The van der Waals surface area contributed by atoms with Gasteiger partial charge in [-0.2, -0.15) is 0 Å². The van der Waals surface area contributed by atoms with E-state index in [-0.39, 0.29) is 0 Å². The quantitative estimate of drug-likeness (QED) is 0.154. The first-order valence-electron chi connectivity index (χ1n) is 18.7. The van der Waals surface area contributed by atoms with Crippen LogP contribution in [0.3, 0.4) is 0 Å². The molecule has 56 heavy (non-hydrogen) atoms. The minimum absolute atomic E-state index is 0.613. The zero-order chi connectivity index (χ0) is 37.3. The van der Waals surface area contributed by atoms with Crippen LogP contribution in [0, 0.1) is 0 Å². The van der Waals surface area contributed by atoms with Crippen molar-refractivity contribution in [1.82, 2.24) is 24.9 Å². The number of nitrogens with zero attached hydrogens (tertiary/aromatic N) is 5. The van der Waals surface area contributed by atoms with Crippen LogP contribution in [0.5, 0.6) is 0 Å². The smallest absolute Gasteiger partial charge is 0.164 e. The maximum atomic E-state index is 5.22. The highest BCUT2D eigenvalue weighted by Gasteiger charge is 2.16. The average Bonchev–Trinajstić information content (AvgIpc) is 3.29. The van der Waals surface area contributed by atoms with Crippen LogP contribution in [0.2, 0.25) is 0 Å². The van der Waals surface area contributed by atoms with Crippen molar-refractivity contribution in [2.75, 3.05) is 0 Å². The van der Waals surface area contributed by atoms with Crippen molar-refractivity contribution in [3.63, 3.8) is 0 Å². The molecule has 0 N–H and O–H groups in total. The van der Waals surface area contributed by atoms with Gasteiger partial charge in [0.25, 0.3) is 0 Å². The van der Waals surface area contributed by atoms with Crippen LogP contribution in [-0.4, -0.2) is 24.9 Å². The Labute approximate surface area is 324 Å². The van der Waals surface area contributed by atoms with Crippen LogP contribution in [-0.2, 0) is 0 Å². The first-order chi connectivity index (χ1) is 27.7. The van der Waals surface area contributed by atoms with Gasteiger partial charge in [0.05, 0.1) is 11.2 Å². The van der Waals surface area contributed by atoms with E-state index >= 15 is 0 Å². The predicted molar refractivity (Wildman–Crippen MR) is 228 cm³/mol. The van der Waals surface area contributed by atoms with Gasteiger partial charge in [0.1, 0.15) is 0 Å². The lowest BCUT2D eigenvalue weighted by molar-refractivity contribution is 1.07. The SMILES string of the molecule is c1ccc(-c2ccc(-c3nc(-c4ccccc4)nc(-c4cccc(-c5ccc6ccc7c(-c8ccccc8)nc(-c8ccccc8)nc7c6c5)c4)n3)cc2)cc1. The summed E-state index contributed by atoms with van der Waals surface area (Å²) in [6.45, 7) is 0. The number of fused-ring (bicyclic) bond motifs is 3. The van der Waals surface area contributed by atoms with E-state index in [2.05, 4.69) is 140 Å². The topological polar surface area (TPSA) is 64.5 Å². The molecule has 0 saturated carbocycles. The lowest BCUT2D eigenvalue weighted by Crippen LogP contribution is -2.00. The van der Waals surface area contributed by atoms with Crippen LogP contribution in [0.15, 0.2) is 200 Å². The number of aromatic nitrogens is 5. The molecule has 0 saturated heterocycles. The summed E-state index contributed by atoms with van der Waals surface area (Å²) in [5.74, 6) is 2.57. The van der Waals surface area contributed by atoms with Crippen molar-refractivity contribution in [3.05, 3.63) is 200 Å². The molecule has 0 aliphatic rings. The average molecular weight is 716 g/mol. The molecule has 0 fully saturated rings. The molecule has 0 atom stereocenters. The Bertz CT molecular complexity index is 2990. The molecule has 0 radical (unpaired) electrons. The van der Waals surface area contributed by atoms with E-state index in [4.69, 9.17) is 24.9 Å². The van der Waals surface area contributed by atoms with Crippen molar-refractivity contribution in [2.24, 2.45) is 0 Å². The van der Waals surface area contributed by atoms with Gasteiger partial charge < -0.3 is 0 Å². The summed E-state index contributed by atoms with van der Waals surface area (Å²) in [7, 11) is 0. The summed E-state index contributed by atoms with van der Waals surface area (Å²) in [5.41, 5.74) is 11.1. The highest BCUT2D eigenvalue weighted by molar-refractivity contribution is 6.10. The number of hydrogen-bond acceptors (Lipinski definition) is 5. The highest BCUT2D eigenvalue weighted by atomic mass is 15.0. The lowest BCUT2D eigenvalue weighted by atomic mass is 9.96. The summed E-state index contributed by atoms with van der Waals surface area (Å²) in [6.07, 6.45) is 0. The van der Waals surface area contributed by atoms with Crippen LogP contribution in [0.25, 0.3) is 101 Å². The molecule has 8 aromatic carbocycles. The molecule has 0 unspecified atom stereocenters. The number of hydrogen-bond donors (Lipinski definition) is 0. The van der Waals surface area contributed by atoms with Gasteiger partial charge in [-0.15, -0.1) is 0 Å². The predicted octanol–water partition coefficient (Wildman–Crippen LogP) is 12.6. The minimum atomic E-state index is 0.613. The second-order valence-corrected chi connectivity index (χ2v) is 13.7. The Balaban J connectivity index is 1.09.